The van der Waals surface area contributed by atoms with Crippen LogP contribution in [0.5, 0.6) is 5.75 Å². The minimum Gasteiger partial charge on any atom is -0.406 e. The van der Waals surface area contributed by atoms with Gasteiger partial charge in [-0.2, -0.15) is 0 Å². The zero-order chi connectivity index (χ0) is 22.8. The number of halogens is 5. The molecule has 1 heterocycles. The van der Waals surface area contributed by atoms with E-state index in [1.807, 2.05) is 0 Å². The van der Waals surface area contributed by atoms with Crippen molar-refractivity contribution in [2.24, 2.45) is 0 Å². The minimum atomic E-state index is -4.92. The molecule has 2 aromatic carbocycles. The molecule has 0 saturated carbocycles. The first-order valence-electron chi connectivity index (χ1n) is 8.17. The van der Waals surface area contributed by atoms with E-state index in [4.69, 9.17) is 0 Å². The van der Waals surface area contributed by atoms with Crippen molar-refractivity contribution in [2.45, 2.75) is 11.3 Å². The average molecular weight is 478 g/mol. The molecule has 1 amide bonds. The van der Waals surface area contributed by atoms with Gasteiger partial charge in [-0.25, -0.2) is 17.2 Å². The molecule has 6 nitrogen and oxygen atoms in total. The second-order valence-electron chi connectivity index (χ2n) is 5.87. The van der Waals surface area contributed by atoms with Crippen LogP contribution in [0.3, 0.4) is 0 Å². The van der Waals surface area contributed by atoms with Crippen LogP contribution in [0.25, 0.3) is 0 Å². The lowest BCUT2D eigenvalue weighted by Gasteiger charge is -2.11. The van der Waals surface area contributed by atoms with Crippen LogP contribution >= 0.6 is 11.3 Å². The van der Waals surface area contributed by atoms with Crippen LogP contribution < -0.4 is 14.8 Å². The second-order valence-corrected chi connectivity index (χ2v) is 8.47. The number of hydrogen-bond donors (Lipinski definition) is 2. The topological polar surface area (TPSA) is 84.5 Å². The predicted octanol–water partition coefficient (Wildman–Crippen LogP) is 4.98. The van der Waals surface area contributed by atoms with Crippen molar-refractivity contribution in [3.05, 3.63) is 70.4 Å². The van der Waals surface area contributed by atoms with Crippen LogP contribution in [0, 0.1) is 11.6 Å². The summed E-state index contributed by atoms with van der Waals surface area (Å²) in [7, 11) is -4.35. The van der Waals surface area contributed by atoms with Crippen molar-refractivity contribution in [3.8, 4) is 5.75 Å². The summed E-state index contributed by atoms with van der Waals surface area (Å²) in [5.74, 6) is -3.98. The number of thiophene rings is 1. The van der Waals surface area contributed by atoms with Crippen LogP contribution in [0.2, 0.25) is 0 Å². The SMILES string of the molecule is O=C(Nc1cccc(OC(F)(F)F)c1)c1sccc1NS(=O)(=O)c1ccc(F)c(F)c1. The minimum absolute atomic E-state index is 0.0328. The molecular formula is C18H11F5N2O4S2. The molecule has 0 atom stereocenters. The Bertz CT molecular complexity index is 1230. The van der Waals surface area contributed by atoms with Crippen LogP contribution in [0.1, 0.15) is 9.67 Å². The number of alkyl halides is 3. The van der Waals surface area contributed by atoms with Gasteiger partial charge in [-0.1, -0.05) is 6.07 Å². The van der Waals surface area contributed by atoms with Crippen molar-refractivity contribution < 1.29 is 39.9 Å². The predicted molar refractivity (Wildman–Crippen MR) is 103 cm³/mol. The summed E-state index contributed by atoms with van der Waals surface area (Å²) < 4.78 is 94.1. The standard InChI is InChI=1S/C18H11F5N2O4S2/c19-13-5-4-12(9-14(13)20)31(27,28)25-15-6-7-30-16(15)17(26)24-10-2-1-3-11(8-10)29-18(21,22)23/h1-9,25H,(H,24,26). The summed E-state index contributed by atoms with van der Waals surface area (Å²) >= 11 is 0.848. The molecule has 0 unspecified atom stereocenters. The molecule has 0 aliphatic carbocycles. The number of ether oxygens (including phenoxy) is 1. The molecule has 0 spiro atoms. The lowest BCUT2D eigenvalue weighted by Crippen LogP contribution is -2.18. The normalized spacial score (nSPS) is 11.8. The summed E-state index contributed by atoms with van der Waals surface area (Å²) in [6.45, 7) is 0. The van der Waals surface area contributed by atoms with Gasteiger partial charge in [-0.3, -0.25) is 9.52 Å². The van der Waals surface area contributed by atoms with E-state index in [2.05, 4.69) is 14.8 Å². The summed E-state index contributed by atoms with van der Waals surface area (Å²) in [4.78, 5) is 11.8. The zero-order valence-electron chi connectivity index (χ0n) is 15.0. The number of benzene rings is 2. The van der Waals surface area contributed by atoms with E-state index in [0.717, 1.165) is 29.5 Å². The molecule has 0 fully saturated rings. The van der Waals surface area contributed by atoms with E-state index in [-0.39, 0.29) is 16.3 Å². The Morgan fingerprint density at radius 1 is 1.00 bits per heavy atom. The van der Waals surface area contributed by atoms with Gasteiger partial charge in [0, 0.05) is 11.8 Å². The molecule has 0 bridgehead atoms. The average Bonchev–Trinajstić information content (AvgIpc) is 3.10. The highest BCUT2D eigenvalue weighted by atomic mass is 32.2. The molecule has 31 heavy (non-hydrogen) atoms. The lowest BCUT2D eigenvalue weighted by molar-refractivity contribution is -0.274. The number of nitrogens with one attached hydrogen (secondary N) is 2. The van der Waals surface area contributed by atoms with E-state index < -0.39 is 44.6 Å². The van der Waals surface area contributed by atoms with E-state index in [1.54, 1.807) is 0 Å². The maximum absolute atomic E-state index is 13.4. The van der Waals surface area contributed by atoms with Crippen LogP contribution in [0.4, 0.5) is 33.3 Å². The maximum atomic E-state index is 13.4. The van der Waals surface area contributed by atoms with Gasteiger partial charge in [0.15, 0.2) is 11.6 Å². The lowest BCUT2D eigenvalue weighted by atomic mass is 10.3. The van der Waals surface area contributed by atoms with Crippen molar-refractivity contribution in [2.75, 3.05) is 10.0 Å². The molecule has 2 N–H and O–H groups in total. The molecular weight excluding hydrogens is 467 g/mol. The molecule has 0 aliphatic rings. The fourth-order valence-electron chi connectivity index (χ4n) is 2.37. The Hall–Kier alpha value is -3.19. The van der Waals surface area contributed by atoms with Crippen molar-refractivity contribution in [3.63, 3.8) is 0 Å². The van der Waals surface area contributed by atoms with E-state index in [0.29, 0.717) is 12.1 Å². The third-order valence-corrected chi connectivity index (χ3v) is 5.92. The fourth-order valence-corrected chi connectivity index (χ4v) is 4.26. The number of rotatable bonds is 6. The highest BCUT2D eigenvalue weighted by molar-refractivity contribution is 7.92. The van der Waals surface area contributed by atoms with Crippen LogP contribution in [0.15, 0.2) is 58.8 Å². The van der Waals surface area contributed by atoms with Gasteiger partial charge >= 0.3 is 6.36 Å². The molecule has 1 aromatic heterocycles. The Morgan fingerprint density at radius 3 is 2.42 bits per heavy atom. The van der Waals surface area contributed by atoms with Gasteiger partial charge in [0.2, 0.25) is 0 Å². The number of carbonyl (C=O) groups excluding carboxylic acids is 1. The van der Waals surface area contributed by atoms with Gasteiger partial charge in [-0.05, 0) is 41.8 Å². The highest BCUT2D eigenvalue weighted by Crippen LogP contribution is 2.28. The van der Waals surface area contributed by atoms with Crippen molar-refractivity contribution in [1.82, 2.24) is 0 Å². The summed E-state index contributed by atoms with van der Waals surface area (Å²) in [5.41, 5.74) is -0.190. The van der Waals surface area contributed by atoms with Crippen molar-refractivity contribution >= 4 is 38.6 Å². The first-order chi connectivity index (χ1) is 14.4. The number of hydrogen-bond acceptors (Lipinski definition) is 5. The molecule has 13 heteroatoms. The maximum Gasteiger partial charge on any atom is 0.573 e. The number of carbonyl (C=O) groups is 1. The van der Waals surface area contributed by atoms with E-state index >= 15 is 0 Å². The Balaban J connectivity index is 1.79. The summed E-state index contributed by atoms with van der Waals surface area (Å²) in [6.07, 6.45) is -4.92. The largest absolute Gasteiger partial charge is 0.573 e. The smallest absolute Gasteiger partial charge is 0.406 e. The Kier molecular flexibility index (Phi) is 6.18. The summed E-state index contributed by atoms with van der Waals surface area (Å²) in [5, 5.41) is 3.72. The number of anilines is 2. The van der Waals surface area contributed by atoms with Crippen LogP contribution in [-0.2, 0) is 10.0 Å². The van der Waals surface area contributed by atoms with Gasteiger partial charge in [0.05, 0.1) is 10.6 Å². The second kappa shape index (κ2) is 8.51. The zero-order valence-corrected chi connectivity index (χ0v) is 16.7. The molecule has 0 radical (unpaired) electrons. The van der Waals surface area contributed by atoms with E-state index in [1.165, 1.54) is 23.6 Å². The first-order valence-corrected chi connectivity index (χ1v) is 10.5. The van der Waals surface area contributed by atoms with Crippen molar-refractivity contribution in [1.29, 1.82) is 0 Å². The Labute approximate surface area is 176 Å². The van der Waals surface area contributed by atoms with Gasteiger partial charge in [0.1, 0.15) is 10.6 Å². The Morgan fingerprint density at radius 2 is 1.74 bits per heavy atom. The van der Waals surface area contributed by atoms with E-state index in [9.17, 15) is 35.2 Å². The number of amides is 1. The summed E-state index contributed by atoms with van der Waals surface area (Å²) in [6, 6.07) is 7.73. The third kappa shape index (κ3) is 5.70. The van der Waals surface area contributed by atoms with Gasteiger partial charge in [0.25, 0.3) is 15.9 Å². The third-order valence-electron chi connectivity index (χ3n) is 3.64. The molecule has 0 saturated heterocycles. The number of sulfonamides is 1. The van der Waals surface area contributed by atoms with Crippen LogP contribution in [-0.4, -0.2) is 20.7 Å². The molecule has 3 rings (SSSR count). The highest BCUT2D eigenvalue weighted by Gasteiger charge is 2.31. The molecule has 164 valence electrons. The molecule has 3 aromatic rings. The fraction of sp³-hybridized carbons (Fsp3) is 0.0556. The van der Waals surface area contributed by atoms with Gasteiger partial charge in [-0.15, -0.1) is 24.5 Å². The van der Waals surface area contributed by atoms with Gasteiger partial charge < -0.3 is 10.1 Å². The monoisotopic (exact) mass is 478 g/mol. The quantitative estimate of drug-likeness (QED) is 0.490. The molecule has 0 aliphatic heterocycles. The first kappa shape index (κ1) is 22.5.